The molecule has 0 N–H and O–H groups in total. The lowest BCUT2D eigenvalue weighted by molar-refractivity contribution is 1.17. The number of hydrogen-bond acceptors (Lipinski definition) is 3. The predicted octanol–water partition coefficient (Wildman–Crippen LogP) is 5.64. The van der Waals surface area contributed by atoms with Crippen molar-refractivity contribution in [3.05, 3.63) is 28.2 Å². The zero-order valence-electron chi connectivity index (χ0n) is 7.27. The largest absolute Gasteiger partial charge is 0.214 e. The van der Waals surface area contributed by atoms with E-state index in [1.165, 1.54) is 11.3 Å². The van der Waals surface area contributed by atoms with Crippen LogP contribution in [0.3, 0.4) is 0 Å². The Morgan fingerprint density at radius 2 is 1.75 bits per heavy atom. The summed E-state index contributed by atoms with van der Waals surface area (Å²) in [6.07, 6.45) is 0. The molecule has 0 aromatic carbocycles. The van der Waals surface area contributed by atoms with E-state index in [9.17, 15) is 0 Å². The average Bonchev–Trinajstić information content (AvgIpc) is 2.55. The maximum absolute atomic E-state index is 5.95. The summed E-state index contributed by atoms with van der Waals surface area (Å²) in [5.41, 5.74) is 0. The summed E-state index contributed by atoms with van der Waals surface area (Å²) >= 11 is 22.3. The summed E-state index contributed by atoms with van der Waals surface area (Å²) < 4.78 is 2.61. The van der Waals surface area contributed by atoms with E-state index in [0.29, 0.717) is 19.7 Å². The Balaban J connectivity index is 2.56. The summed E-state index contributed by atoms with van der Waals surface area (Å²) in [7, 11) is 0. The molecule has 0 aliphatic rings. The summed E-state index contributed by atoms with van der Waals surface area (Å²) in [5.74, 6) is 0.534. The van der Waals surface area contributed by atoms with Gasteiger partial charge < -0.3 is 0 Å². The summed E-state index contributed by atoms with van der Waals surface area (Å²) in [4.78, 5) is 9.28. The van der Waals surface area contributed by atoms with Crippen molar-refractivity contribution in [2.24, 2.45) is 0 Å². The highest BCUT2D eigenvalue weighted by molar-refractivity contribution is 14.1. The zero-order chi connectivity index (χ0) is 11.9. The Kier molecular flexibility index (Phi) is 4.51. The van der Waals surface area contributed by atoms with Gasteiger partial charge in [0.05, 0.1) is 12.2 Å². The van der Waals surface area contributed by atoms with E-state index in [4.69, 9.17) is 23.2 Å². The number of rotatable bonds is 1. The third-order valence-corrected chi connectivity index (χ3v) is 7.09. The Morgan fingerprint density at radius 1 is 1.19 bits per heavy atom. The molecule has 2 nitrogen and oxygen atoms in total. The maximum atomic E-state index is 5.95. The lowest BCUT2D eigenvalue weighted by atomic mass is 10.4. The maximum Gasteiger partial charge on any atom is 0.172 e. The van der Waals surface area contributed by atoms with Crippen molar-refractivity contribution in [3.8, 4) is 10.7 Å². The van der Waals surface area contributed by atoms with Gasteiger partial charge in [0, 0.05) is 4.47 Å². The molecular weight excluding hydrogens is 514 g/mol. The van der Waals surface area contributed by atoms with Gasteiger partial charge in [-0.15, -0.1) is 11.3 Å². The van der Waals surface area contributed by atoms with Crippen LogP contribution in [0.5, 0.6) is 0 Å². The average molecular weight is 515 g/mol. The smallest absolute Gasteiger partial charge is 0.172 e. The van der Waals surface area contributed by atoms with Gasteiger partial charge in [-0.2, -0.15) is 0 Å². The molecule has 0 saturated heterocycles. The molecule has 2 aromatic rings. The van der Waals surface area contributed by atoms with Gasteiger partial charge in [0.1, 0.15) is 10.3 Å². The molecular formula is C8HBr2Cl2IN2S. The van der Waals surface area contributed by atoms with Crippen LogP contribution in [-0.4, -0.2) is 9.97 Å². The van der Waals surface area contributed by atoms with Crippen LogP contribution in [-0.2, 0) is 0 Å². The van der Waals surface area contributed by atoms with Crippen molar-refractivity contribution in [3.63, 3.8) is 0 Å². The van der Waals surface area contributed by atoms with E-state index >= 15 is 0 Å². The number of hydrogen-bond donors (Lipinski definition) is 0. The first-order chi connectivity index (χ1) is 7.49. The summed E-state index contributed by atoms with van der Waals surface area (Å²) in [6.45, 7) is 0. The van der Waals surface area contributed by atoms with Gasteiger partial charge in [-0.1, -0.05) is 23.2 Å². The molecule has 16 heavy (non-hydrogen) atoms. The van der Waals surface area contributed by atoms with E-state index in [1.807, 2.05) is 28.7 Å². The Labute approximate surface area is 136 Å². The molecule has 2 aromatic heterocycles. The van der Waals surface area contributed by atoms with Crippen molar-refractivity contribution in [2.75, 3.05) is 0 Å². The van der Waals surface area contributed by atoms with Crippen molar-refractivity contribution >= 4 is 89.0 Å². The fraction of sp³-hybridized carbons (Fsp3) is 0. The molecule has 0 unspecified atom stereocenters. The Hall–Kier alpha value is 1.05. The first-order valence-electron chi connectivity index (χ1n) is 3.82. The topological polar surface area (TPSA) is 25.8 Å². The van der Waals surface area contributed by atoms with Crippen LogP contribution in [0, 0.1) is 3.57 Å². The molecule has 84 valence electrons. The van der Waals surface area contributed by atoms with E-state index in [2.05, 4.69) is 41.8 Å². The van der Waals surface area contributed by atoms with Crippen LogP contribution in [0.15, 0.2) is 14.3 Å². The monoisotopic (exact) mass is 512 g/mol. The third-order valence-electron chi connectivity index (χ3n) is 1.64. The Bertz CT molecular complexity index is 518. The molecule has 0 bridgehead atoms. The van der Waals surface area contributed by atoms with Crippen LogP contribution < -0.4 is 0 Å². The summed E-state index contributed by atoms with van der Waals surface area (Å²) in [5, 5.41) is 0.743. The van der Waals surface area contributed by atoms with Gasteiger partial charge in [-0.3, -0.25) is 0 Å². The van der Waals surface area contributed by atoms with Gasteiger partial charge in [-0.05, 0) is 60.5 Å². The van der Waals surface area contributed by atoms with Crippen molar-refractivity contribution < 1.29 is 0 Å². The molecule has 0 aliphatic heterocycles. The lowest BCUT2D eigenvalue weighted by Gasteiger charge is -2.00. The highest BCUT2D eigenvalue weighted by Gasteiger charge is 2.13. The minimum atomic E-state index is 0.372. The van der Waals surface area contributed by atoms with Crippen molar-refractivity contribution in [1.82, 2.24) is 9.97 Å². The van der Waals surface area contributed by atoms with Gasteiger partial charge >= 0.3 is 0 Å². The molecule has 8 heteroatoms. The third kappa shape index (κ3) is 2.72. The fourth-order valence-electron chi connectivity index (χ4n) is 0.961. The van der Waals surface area contributed by atoms with Gasteiger partial charge in [0.25, 0.3) is 0 Å². The van der Waals surface area contributed by atoms with Crippen LogP contribution in [0.25, 0.3) is 10.7 Å². The molecule has 0 amide bonds. The highest BCUT2D eigenvalue weighted by atomic mass is 127. The second-order valence-electron chi connectivity index (χ2n) is 2.68. The first kappa shape index (κ1) is 13.5. The van der Waals surface area contributed by atoms with Gasteiger partial charge in [0.2, 0.25) is 0 Å². The fourth-order valence-corrected chi connectivity index (χ4v) is 3.56. The van der Waals surface area contributed by atoms with Crippen LogP contribution >= 0.6 is 89.0 Å². The molecule has 0 radical (unpaired) electrons. The molecule has 0 atom stereocenters. The summed E-state index contributed by atoms with van der Waals surface area (Å²) in [6, 6.07) is 1.92. The molecule has 0 fully saturated rings. The number of halogens is 5. The number of thiophene rings is 1. The second-order valence-corrected chi connectivity index (χ2v) is 7.69. The van der Waals surface area contributed by atoms with E-state index in [0.717, 1.165) is 13.1 Å². The van der Waals surface area contributed by atoms with Crippen LogP contribution in [0.1, 0.15) is 0 Å². The number of aromatic nitrogens is 2. The normalized spacial score (nSPS) is 10.8. The second kappa shape index (κ2) is 5.36. The molecule has 0 aliphatic carbocycles. The Morgan fingerprint density at radius 3 is 2.19 bits per heavy atom. The van der Waals surface area contributed by atoms with Crippen molar-refractivity contribution in [2.45, 2.75) is 0 Å². The van der Waals surface area contributed by atoms with Crippen LogP contribution in [0.2, 0.25) is 10.3 Å². The predicted molar refractivity (Wildman–Crippen MR) is 83.5 cm³/mol. The number of nitrogens with zero attached hydrogens (tertiary/aromatic N) is 2. The lowest BCUT2D eigenvalue weighted by Crippen LogP contribution is -1.92. The van der Waals surface area contributed by atoms with Gasteiger partial charge in [-0.25, -0.2) is 9.97 Å². The standard InChI is InChI=1S/C8HBr2Cl2IN2S/c9-2-1-3(16-5(2)10)8-14-6(11)4(13)7(12)15-8/h1H. The molecule has 0 spiro atoms. The van der Waals surface area contributed by atoms with Gasteiger partial charge in [0.15, 0.2) is 5.82 Å². The minimum absolute atomic E-state index is 0.372. The first-order valence-corrected chi connectivity index (χ1v) is 8.06. The quantitative estimate of drug-likeness (QED) is 0.364. The zero-order valence-corrected chi connectivity index (χ0v) is 14.9. The SMILES string of the molecule is Clc1nc(-c2cc(Br)c(Br)s2)nc(Cl)c1I. The van der Waals surface area contributed by atoms with Crippen LogP contribution in [0.4, 0.5) is 0 Å². The molecule has 2 rings (SSSR count). The van der Waals surface area contributed by atoms with E-state index < -0.39 is 0 Å². The molecule has 2 heterocycles. The minimum Gasteiger partial charge on any atom is -0.214 e. The molecule has 0 saturated carbocycles. The van der Waals surface area contributed by atoms with E-state index in [-0.39, 0.29) is 0 Å². The van der Waals surface area contributed by atoms with Crippen molar-refractivity contribution in [1.29, 1.82) is 0 Å². The van der Waals surface area contributed by atoms with E-state index in [1.54, 1.807) is 0 Å². The highest BCUT2D eigenvalue weighted by Crippen LogP contribution is 2.38.